The number of nitrogens with zero attached hydrogens (tertiary/aromatic N) is 2. The molecule has 0 aliphatic carbocycles. The first kappa shape index (κ1) is 17.3. The lowest BCUT2D eigenvalue weighted by molar-refractivity contribution is -0.113. The van der Waals surface area contributed by atoms with Gasteiger partial charge < -0.3 is 10.2 Å². The smallest absolute Gasteiger partial charge is 0.234 e. The molecule has 24 heavy (non-hydrogen) atoms. The summed E-state index contributed by atoms with van der Waals surface area (Å²) in [5.74, 6) is 0.425. The van der Waals surface area contributed by atoms with Gasteiger partial charge in [0.25, 0.3) is 0 Å². The SMILES string of the molecule is Cc1ccc(C)c(NC(=O)CSC2=N[C@H]3CS(=O)(=O)C[C@@H]3N2C)c1. The van der Waals surface area contributed by atoms with Gasteiger partial charge in [-0.05, 0) is 31.0 Å². The second-order valence-corrected chi connectivity index (χ2v) is 9.49. The van der Waals surface area contributed by atoms with E-state index in [1.807, 2.05) is 44.0 Å². The molecular formula is C16H21N3O3S2. The molecular weight excluding hydrogens is 346 g/mol. The van der Waals surface area contributed by atoms with Gasteiger partial charge >= 0.3 is 0 Å². The summed E-state index contributed by atoms with van der Waals surface area (Å²) in [7, 11) is -1.13. The minimum Gasteiger partial charge on any atom is -0.348 e. The number of anilines is 1. The van der Waals surface area contributed by atoms with Crippen LogP contribution in [0.2, 0.25) is 0 Å². The van der Waals surface area contributed by atoms with Gasteiger partial charge in [0.1, 0.15) is 0 Å². The maximum atomic E-state index is 12.2. The van der Waals surface area contributed by atoms with Crippen molar-refractivity contribution >= 4 is 38.4 Å². The Kier molecular flexibility index (Phi) is 4.61. The Morgan fingerprint density at radius 3 is 2.83 bits per heavy atom. The molecule has 2 atom stereocenters. The molecule has 3 rings (SSSR count). The monoisotopic (exact) mass is 367 g/mol. The Labute approximate surface area is 146 Å². The standard InChI is InChI=1S/C16H21N3O3S2/c1-10-4-5-11(2)12(6-10)17-15(20)7-23-16-18-13-8-24(21,22)9-14(13)19(16)3/h4-6,13-14H,7-9H2,1-3H3,(H,17,20)/t13-,14-/m0/s1. The number of carbonyl (C=O) groups excluding carboxylic acids is 1. The zero-order valence-corrected chi connectivity index (χ0v) is 15.6. The molecule has 0 radical (unpaired) electrons. The number of benzene rings is 1. The summed E-state index contributed by atoms with van der Waals surface area (Å²) in [6.45, 7) is 3.94. The third-order valence-electron chi connectivity index (χ3n) is 4.37. The number of hydrogen-bond donors (Lipinski definition) is 1. The van der Waals surface area contributed by atoms with Crippen LogP contribution in [0.15, 0.2) is 23.2 Å². The maximum Gasteiger partial charge on any atom is 0.234 e. The zero-order chi connectivity index (χ0) is 17.5. The minimum atomic E-state index is -2.98. The fourth-order valence-electron chi connectivity index (χ4n) is 3.00. The first-order valence-electron chi connectivity index (χ1n) is 7.76. The van der Waals surface area contributed by atoms with Crippen LogP contribution < -0.4 is 5.32 Å². The summed E-state index contributed by atoms with van der Waals surface area (Å²) in [6, 6.07) is 5.67. The normalized spacial score (nSPS) is 24.6. The number of sulfone groups is 1. The molecule has 0 saturated carbocycles. The molecule has 1 saturated heterocycles. The molecule has 2 heterocycles. The van der Waals surface area contributed by atoms with E-state index in [9.17, 15) is 13.2 Å². The largest absolute Gasteiger partial charge is 0.348 e. The quantitative estimate of drug-likeness (QED) is 0.875. The van der Waals surface area contributed by atoms with Crippen molar-refractivity contribution in [2.45, 2.75) is 25.9 Å². The van der Waals surface area contributed by atoms with Crippen molar-refractivity contribution in [2.75, 3.05) is 29.6 Å². The van der Waals surface area contributed by atoms with E-state index in [4.69, 9.17) is 0 Å². The number of amides is 1. The molecule has 1 amide bonds. The molecule has 8 heteroatoms. The minimum absolute atomic E-state index is 0.0837. The molecule has 2 aliphatic rings. The fourth-order valence-corrected chi connectivity index (χ4v) is 5.81. The van der Waals surface area contributed by atoms with Gasteiger partial charge in [-0.15, -0.1) is 0 Å². The highest BCUT2D eigenvalue weighted by Crippen LogP contribution is 2.29. The number of rotatable bonds is 3. The molecule has 0 bridgehead atoms. The highest BCUT2D eigenvalue weighted by atomic mass is 32.2. The number of hydrogen-bond acceptors (Lipinski definition) is 6. The summed E-state index contributed by atoms with van der Waals surface area (Å²) < 4.78 is 23.3. The van der Waals surface area contributed by atoms with Crippen molar-refractivity contribution in [2.24, 2.45) is 4.99 Å². The number of nitrogens with one attached hydrogen (secondary N) is 1. The predicted molar refractivity (Wildman–Crippen MR) is 98.4 cm³/mol. The molecule has 1 aromatic rings. The van der Waals surface area contributed by atoms with Crippen LogP contribution in [0.25, 0.3) is 0 Å². The average Bonchev–Trinajstić information content (AvgIpc) is 2.94. The highest BCUT2D eigenvalue weighted by Gasteiger charge is 2.45. The van der Waals surface area contributed by atoms with Gasteiger partial charge in [-0.25, -0.2) is 8.42 Å². The first-order valence-corrected chi connectivity index (χ1v) is 10.6. The van der Waals surface area contributed by atoms with E-state index in [2.05, 4.69) is 10.3 Å². The molecule has 0 aromatic heterocycles. The van der Waals surface area contributed by atoms with Crippen LogP contribution in [0.1, 0.15) is 11.1 Å². The van der Waals surface area contributed by atoms with Gasteiger partial charge in [0.2, 0.25) is 5.91 Å². The summed E-state index contributed by atoms with van der Waals surface area (Å²) in [5.41, 5.74) is 2.94. The molecule has 6 nitrogen and oxygen atoms in total. The maximum absolute atomic E-state index is 12.2. The van der Waals surface area contributed by atoms with Crippen molar-refractivity contribution in [1.29, 1.82) is 0 Å². The lowest BCUT2D eigenvalue weighted by Gasteiger charge is -2.20. The number of aliphatic imine (C=N–C) groups is 1. The van der Waals surface area contributed by atoms with Gasteiger partial charge in [-0.1, -0.05) is 23.9 Å². The van der Waals surface area contributed by atoms with E-state index >= 15 is 0 Å². The Morgan fingerprint density at radius 1 is 1.38 bits per heavy atom. The number of fused-ring (bicyclic) bond motifs is 1. The van der Waals surface area contributed by atoms with Crippen molar-refractivity contribution in [3.63, 3.8) is 0 Å². The number of thioether (sulfide) groups is 1. The molecule has 1 aromatic carbocycles. The second-order valence-electron chi connectivity index (χ2n) is 6.39. The topological polar surface area (TPSA) is 78.8 Å². The van der Waals surface area contributed by atoms with Crippen molar-refractivity contribution in [3.8, 4) is 0 Å². The van der Waals surface area contributed by atoms with Crippen LogP contribution in [0.3, 0.4) is 0 Å². The van der Waals surface area contributed by atoms with Gasteiger partial charge in [0, 0.05) is 12.7 Å². The Balaban J connectivity index is 1.58. The Hall–Kier alpha value is -1.54. The molecule has 1 N–H and O–H groups in total. The summed E-state index contributed by atoms with van der Waals surface area (Å²) in [6.07, 6.45) is 0. The van der Waals surface area contributed by atoms with Crippen LogP contribution in [0.4, 0.5) is 5.69 Å². The van der Waals surface area contributed by atoms with E-state index in [0.717, 1.165) is 22.0 Å². The van der Waals surface area contributed by atoms with Gasteiger partial charge in [-0.2, -0.15) is 0 Å². The van der Waals surface area contributed by atoms with E-state index in [1.165, 1.54) is 11.8 Å². The number of aryl methyl sites for hydroxylation is 2. The lowest BCUT2D eigenvalue weighted by Crippen LogP contribution is -2.35. The number of likely N-dealkylation sites (N-methyl/N-ethyl adjacent to an activating group) is 1. The van der Waals surface area contributed by atoms with Crippen LogP contribution in [0.5, 0.6) is 0 Å². The second kappa shape index (κ2) is 6.40. The van der Waals surface area contributed by atoms with Gasteiger partial charge in [-0.3, -0.25) is 9.79 Å². The van der Waals surface area contributed by atoms with Crippen molar-refractivity contribution in [3.05, 3.63) is 29.3 Å². The van der Waals surface area contributed by atoms with Crippen molar-refractivity contribution in [1.82, 2.24) is 4.90 Å². The van der Waals surface area contributed by atoms with E-state index < -0.39 is 9.84 Å². The van der Waals surface area contributed by atoms with E-state index in [1.54, 1.807) is 0 Å². The average molecular weight is 367 g/mol. The molecule has 0 unspecified atom stereocenters. The van der Waals surface area contributed by atoms with Crippen LogP contribution in [0, 0.1) is 13.8 Å². The summed E-state index contributed by atoms with van der Waals surface area (Å²) >= 11 is 1.36. The van der Waals surface area contributed by atoms with E-state index in [-0.39, 0.29) is 35.2 Å². The Morgan fingerprint density at radius 2 is 2.12 bits per heavy atom. The highest BCUT2D eigenvalue weighted by molar-refractivity contribution is 8.14. The van der Waals surface area contributed by atoms with E-state index in [0.29, 0.717) is 0 Å². The number of amidine groups is 1. The first-order chi connectivity index (χ1) is 11.2. The summed E-state index contributed by atoms with van der Waals surface area (Å²) in [5, 5.41) is 3.67. The zero-order valence-electron chi connectivity index (χ0n) is 13.9. The molecule has 1 fully saturated rings. The van der Waals surface area contributed by atoms with Crippen molar-refractivity contribution < 1.29 is 13.2 Å². The molecule has 2 aliphatic heterocycles. The number of carbonyl (C=O) groups is 1. The van der Waals surface area contributed by atoms with Crippen LogP contribution >= 0.6 is 11.8 Å². The van der Waals surface area contributed by atoms with Gasteiger partial charge in [0.15, 0.2) is 15.0 Å². The third kappa shape index (κ3) is 3.59. The van der Waals surface area contributed by atoms with Crippen LogP contribution in [-0.2, 0) is 14.6 Å². The predicted octanol–water partition coefficient (Wildman–Crippen LogP) is 1.44. The Bertz CT molecular complexity index is 805. The summed E-state index contributed by atoms with van der Waals surface area (Å²) in [4.78, 5) is 18.6. The third-order valence-corrected chi connectivity index (χ3v) is 7.13. The lowest BCUT2D eigenvalue weighted by atomic mass is 10.1. The van der Waals surface area contributed by atoms with Crippen LogP contribution in [-0.4, -0.2) is 60.8 Å². The van der Waals surface area contributed by atoms with Gasteiger partial charge in [0.05, 0.1) is 29.3 Å². The fraction of sp³-hybridized carbons (Fsp3) is 0.500. The molecule has 0 spiro atoms. The molecule has 130 valence electrons.